The molecule has 0 saturated heterocycles. The van der Waals surface area contributed by atoms with Crippen LogP contribution in [-0.2, 0) is 21.2 Å². The van der Waals surface area contributed by atoms with E-state index in [-0.39, 0.29) is 16.6 Å². The van der Waals surface area contributed by atoms with Crippen LogP contribution in [-0.4, -0.2) is 44.3 Å². The molecule has 0 fully saturated rings. The van der Waals surface area contributed by atoms with Gasteiger partial charge in [0.25, 0.3) is 5.91 Å². The van der Waals surface area contributed by atoms with Crippen LogP contribution >= 0.6 is 0 Å². The van der Waals surface area contributed by atoms with Gasteiger partial charge in [-0.05, 0) is 12.8 Å². The summed E-state index contributed by atoms with van der Waals surface area (Å²) in [5.74, 6) is -0.589. The molecular weight excluding hydrogens is 284 g/mol. The van der Waals surface area contributed by atoms with Gasteiger partial charge in [-0.3, -0.25) is 9.89 Å². The van der Waals surface area contributed by atoms with Gasteiger partial charge in [0.1, 0.15) is 4.90 Å². The highest BCUT2D eigenvalue weighted by Crippen LogP contribution is 2.17. The largest absolute Gasteiger partial charge is 0.383 e. The Morgan fingerprint density at radius 2 is 2.15 bits per heavy atom. The standard InChI is InChI=1S/C11H20N4O4S/c1-4-7(6-19-3)13-11(16)9-10(20(12,17)18)8(5-2)14-15-9/h7H,4-6H2,1-3H3,(H,13,16)(H,14,15)(H2,12,17,18). The van der Waals surface area contributed by atoms with Crippen molar-refractivity contribution in [2.24, 2.45) is 5.14 Å². The van der Waals surface area contributed by atoms with Crippen LogP contribution in [0.5, 0.6) is 0 Å². The molecule has 0 spiro atoms. The van der Waals surface area contributed by atoms with Crippen LogP contribution in [0, 0.1) is 0 Å². The number of nitrogens with one attached hydrogen (secondary N) is 2. The fraction of sp³-hybridized carbons (Fsp3) is 0.636. The van der Waals surface area contributed by atoms with Crippen molar-refractivity contribution in [1.29, 1.82) is 0 Å². The molecule has 1 amide bonds. The Labute approximate surface area is 118 Å². The molecule has 9 heteroatoms. The van der Waals surface area contributed by atoms with E-state index in [2.05, 4.69) is 15.5 Å². The number of rotatable bonds is 7. The van der Waals surface area contributed by atoms with Gasteiger partial charge >= 0.3 is 0 Å². The highest BCUT2D eigenvalue weighted by Gasteiger charge is 2.27. The number of hydrogen-bond donors (Lipinski definition) is 3. The van der Waals surface area contributed by atoms with Crippen LogP contribution in [0.2, 0.25) is 0 Å². The van der Waals surface area contributed by atoms with E-state index in [1.165, 1.54) is 7.11 Å². The van der Waals surface area contributed by atoms with Gasteiger partial charge in [0.2, 0.25) is 10.0 Å². The molecule has 0 aliphatic carbocycles. The van der Waals surface area contributed by atoms with Crippen molar-refractivity contribution in [2.45, 2.75) is 37.6 Å². The number of aromatic nitrogens is 2. The maximum absolute atomic E-state index is 12.1. The number of carbonyl (C=O) groups is 1. The SMILES string of the molecule is CCc1[nH]nc(C(=O)NC(CC)COC)c1S(N)(=O)=O. The molecule has 0 aliphatic heterocycles. The molecule has 114 valence electrons. The predicted octanol–water partition coefficient (Wildman–Crippen LogP) is -0.226. The van der Waals surface area contributed by atoms with Crippen molar-refractivity contribution in [1.82, 2.24) is 15.5 Å². The molecular formula is C11H20N4O4S. The van der Waals surface area contributed by atoms with E-state index in [9.17, 15) is 13.2 Å². The summed E-state index contributed by atoms with van der Waals surface area (Å²) >= 11 is 0. The van der Waals surface area contributed by atoms with Crippen molar-refractivity contribution in [2.75, 3.05) is 13.7 Å². The van der Waals surface area contributed by atoms with Gasteiger partial charge in [0, 0.05) is 7.11 Å². The lowest BCUT2D eigenvalue weighted by atomic mass is 10.2. The zero-order valence-corrected chi connectivity index (χ0v) is 12.6. The second-order valence-electron chi connectivity index (χ2n) is 4.31. The number of H-pyrrole nitrogens is 1. The Balaban J connectivity index is 3.08. The zero-order valence-electron chi connectivity index (χ0n) is 11.8. The Hall–Kier alpha value is -1.45. The number of aryl methyl sites for hydroxylation is 1. The second kappa shape index (κ2) is 6.82. The molecule has 1 rings (SSSR count). The van der Waals surface area contributed by atoms with E-state index >= 15 is 0 Å². The number of sulfonamides is 1. The number of carbonyl (C=O) groups excluding carboxylic acids is 1. The average molecular weight is 304 g/mol. The summed E-state index contributed by atoms with van der Waals surface area (Å²) in [6, 6.07) is -0.220. The quantitative estimate of drug-likeness (QED) is 0.641. The van der Waals surface area contributed by atoms with Gasteiger partial charge in [0.15, 0.2) is 5.69 Å². The Morgan fingerprint density at radius 3 is 2.60 bits per heavy atom. The lowest BCUT2D eigenvalue weighted by Gasteiger charge is -2.15. The summed E-state index contributed by atoms with van der Waals surface area (Å²) in [7, 11) is -2.50. The highest BCUT2D eigenvalue weighted by molar-refractivity contribution is 7.89. The minimum absolute atomic E-state index is 0.209. The van der Waals surface area contributed by atoms with Gasteiger partial charge in [-0.15, -0.1) is 0 Å². The average Bonchev–Trinajstić information content (AvgIpc) is 2.81. The lowest BCUT2D eigenvalue weighted by molar-refractivity contribution is 0.0886. The summed E-state index contributed by atoms with van der Waals surface area (Å²) < 4.78 is 28.2. The topological polar surface area (TPSA) is 127 Å². The summed E-state index contributed by atoms with van der Waals surface area (Å²) in [6.45, 7) is 3.95. The van der Waals surface area contributed by atoms with E-state index in [1.54, 1.807) is 6.92 Å². The Kier molecular flexibility index (Phi) is 5.66. The van der Waals surface area contributed by atoms with Crippen molar-refractivity contribution in [3.05, 3.63) is 11.4 Å². The Bertz CT molecular complexity index is 567. The van der Waals surface area contributed by atoms with Gasteiger partial charge in [-0.2, -0.15) is 5.10 Å². The van der Waals surface area contributed by atoms with Gasteiger partial charge in [-0.25, -0.2) is 13.6 Å². The maximum Gasteiger partial charge on any atom is 0.273 e. The van der Waals surface area contributed by atoms with E-state index in [0.29, 0.717) is 25.1 Å². The summed E-state index contributed by atoms with van der Waals surface area (Å²) in [4.78, 5) is 11.9. The molecule has 0 saturated carbocycles. The molecule has 8 nitrogen and oxygen atoms in total. The number of nitrogens with zero attached hydrogens (tertiary/aromatic N) is 1. The molecule has 1 heterocycles. The van der Waals surface area contributed by atoms with Crippen LogP contribution < -0.4 is 10.5 Å². The van der Waals surface area contributed by atoms with E-state index in [1.807, 2.05) is 6.92 Å². The third kappa shape index (κ3) is 3.78. The number of primary sulfonamides is 1. The predicted molar refractivity (Wildman–Crippen MR) is 72.8 cm³/mol. The Morgan fingerprint density at radius 1 is 1.50 bits per heavy atom. The molecule has 4 N–H and O–H groups in total. The fourth-order valence-electron chi connectivity index (χ4n) is 1.78. The van der Waals surface area contributed by atoms with Crippen LogP contribution in [0.1, 0.15) is 36.5 Å². The molecule has 1 unspecified atom stereocenters. The zero-order chi connectivity index (χ0) is 15.3. The normalized spacial score (nSPS) is 13.2. The van der Waals surface area contributed by atoms with Crippen molar-refractivity contribution in [3.63, 3.8) is 0 Å². The summed E-state index contributed by atoms with van der Waals surface area (Å²) in [5, 5.41) is 14.1. The molecule has 0 aromatic carbocycles. The van der Waals surface area contributed by atoms with Gasteiger partial charge in [0.05, 0.1) is 18.3 Å². The molecule has 20 heavy (non-hydrogen) atoms. The first-order chi connectivity index (χ1) is 9.35. The first-order valence-corrected chi connectivity index (χ1v) is 7.79. The van der Waals surface area contributed by atoms with E-state index < -0.39 is 15.9 Å². The van der Waals surface area contributed by atoms with Crippen molar-refractivity contribution < 1.29 is 17.9 Å². The molecule has 0 radical (unpaired) electrons. The van der Waals surface area contributed by atoms with E-state index in [4.69, 9.17) is 9.88 Å². The fourth-order valence-corrected chi connectivity index (χ4v) is 2.73. The van der Waals surface area contributed by atoms with Crippen molar-refractivity contribution in [3.8, 4) is 0 Å². The molecule has 0 aliphatic rings. The third-order valence-corrected chi connectivity index (χ3v) is 3.85. The number of amides is 1. The maximum atomic E-state index is 12.1. The van der Waals surface area contributed by atoms with E-state index in [0.717, 1.165) is 0 Å². The molecule has 1 atom stereocenters. The molecule has 0 bridgehead atoms. The lowest BCUT2D eigenvalue weighted by Crippen LogP contribution is -2.38. The van der Waals surface area contributed by atoms with Gasteiger partial charge < -0.3 is 10.1 Å². The number of aromatic amines is 1. The third-order valence-electron chi connectivity index (χ3n) is 2.84. The van der Waals surface area contributed by atoms with Crippen molar-refractivity contribution >= 4 is 15.9 Å². The van der Waals surface area contributed by atoms with Crippen LogP contribution in [0.3, 0.4) is 0 Å². The first kappa shape index (κ1) is 16.6. The minimum atomic E-state index is -4.02. The number of hydrogen-bond acceptors (Lipinski definition) is 5. The number of nitrogens with two attached hydrogens (primary N) is 1. The first-order valence-electron chi connectivity index (χ1n) is 6.24. The number of ether oxygens (including phenoxy) is 1. The van der Waals surface area contributed by atoms with Crippen LogP contribution in [0.25, 0.3) is 0 Å². The smallest absolute Gasteiger partial charge is 0.273 e. The number of methoxy groups -OCH3 is 1. The highest BCUT2D eigenvalue weighted by atomic mass is 32.2. The van der Waals surface area contributed by atoms with Gasteiger partial charge in [-0.1, -0.05) is 13.8 Å². The summed E-state index contributed by atoms with van der Waals surface area (Å²) in [5.41, 5.74) is 0.108. The molecule has 1 aromatic rings. The van der Waals surface area contributed by atoms with Crippen LogP contribution in [0.4, 0.5) is 0 Å². The molecule has 1 aromatic heterocycles. The minimum Gasteiger partial charge on any atom is -0.383 e. The second-order valence-corrected chi connectivity index (χ2v) is 5.81. The monoisotopic (exact) mass is 304 g/mol. The summed E-state index contributed by atoms with van der Waals surface area (Å²) in [6.07, 6.45) is 1.02. The van der Waals surface area contributed by atoms with Crippen LogP contribution in [0.15, 0.2) is 4.90 Å².